The zero-order chi connectivity index (χ0) is 19.2. The summed E-state index contributed by atoms with van der Waals surface area (Å²) in [7, 11) is 0. The molecule has 132 valence electrons. The van der Waals surface area contributed by atoms with Gasteiger partial charge in [-0.15, -0.1) is 11.3 Å². The summed E-state index contributed by atoms with van der Waals surface area (Å²) in [4.78, 5) is 25.6. The van der Waals surface area contributed by atoms with E-state index in [0.29, 0.717) is 10.4 Å². The van der Waals surface area contributed by atoms with Gasteiger partial charge in [0.1, 0.15) is 11.6 Å². The molecule has 2 heterocycles. The van der Waals surface area contributed by atoms with Crippen LogP contribution in [0.3, 0.4) is 0 Å². The molecule has 2 aromatic heterocycles. The number of carbonyl (C=O) groups excluding carboxylic acids is 1. The topological polar surface area (TPSA) is 83.1 Å². The zero-order valence-corrected chi connectivity index (χ0v) is 16.1. The summed E-state index contributed by atoms with van der Waals surface area (Å²) in [6.45, 7) is 3.21. The Balaban J connectivity index is 2.34. The van der Waals surface area contributed by atoms with Crippen molar-refractivity contribution in [3.63, 3.8) is 0 Å². The molecule has 0 atom stereocenters. The average Bonchev–Trinajstić information content (AvgIpc) is 2.93. The van der Waals surface area contributed by atoms with E-state index in [2.05, 4.69) is 0 Å². The number of pyridine rings is 1. The lowest BCUT2D eigenvalue weighted by molar-refractivity contribution is 0.103. The molecule has 0 saturated carbocycles. The van der Waals surface area contributed by atoms with Crippen LogP contribution in [0.5, 0.6) is 5.88 Å². The molecule has 0 fully saturated rings. The molecule has 26 heavy (non-hydrogen) atoms. The van der Waals surface area contributed by atoms with Gasteiger partial charge in [-0.3, -0.25) is 14.2 Å². The first kappa shape index (κ1) is 18.5. The summed E-state index contributed by atoms with van der Waals surface area (Å²) < 4.78 is 1.72. The molecular formula is C18H12Cl2N2O3S. The Hall–Kier alpha value is -2.33. The first-order chi connectivity index (χ1) is 12.3. The summed E-state index contributed by atoms with van der Waals surface area (Å²) in [6, 6.07) is 7.02. The van der Waals surface area contributed by atoms with Gasteiger partial charge in [0, 0.05) is 16.6 Å². The molecule has 3 rings (SSSR count). The summed E-state index contributed by atoms with van der Waals surface area (Å²) in [5.74, 6) is -1.03. The maximum atomic E-state index is 13.1. The summed E-state index contributed by atoms with van der Waals surface area (Å²) >= 11 is 13.7. The highest BCUT2D eigenvalue weighted by Gasteiger charge is 2.28. The largest absolute Gasteiger partial charge is 0.494 e. The molecule has 0 spiro atoms. The number of thiophene rings is 1. The van der Waals surface area contributed by atoms with Crippen molar-refractivity contribution in [2.75, 3.05) is 0 Å². The van der Waals surface area contributed by atoms with Crippen LogP contribution in [0.1, 0.15) is 33.3 Å². The number of hydrogen-bond acceptors (Lipinski definition) is 5. The fraction of sp³-hybridized carbons (Fsp3) is 0.167. The predicted octanol–water partition coefficient (Wildman–Crippen LogP) is 4.51. The lowest BCUT2D eigenvalue weighted by Gasteiger charge is -2.13. The SMILES string of the molecule is CCn1c(O)c(C(=O)c2sc3cccc(Cl)c3c2Cl)c(C)c(C#N)c1=O. The van der Waals surface area contributed by atoms with E-state index < -0.39 is 17.2 Å². The van der Waals surface area contributed by atoms with Crippen molar-refractivity contribution in [2.45, 2.75) is 20.4 Å². The van der Waals surface area contributed by atoms with Gasteiger partial charge in [0.25, 0.3) is 5.56 Å². The van der Waals surface area contributed by atoms with Gasteiger partial charge in [-0.25, -0.2) is 0 Å². The Morgan fingerprint density at radius 1 is 1.38 bits per heavy atom. The normalized spacial score (nSPS) is 10.9. The quantitative estimate of drug-likeness (QED) is 0.648. The lowest BCUT2D eigenvalue weighted by atomic mass is 10.0. The molecule has 0 amide bonds. The summed E-state index contributed by atoms with van der Waals surface area (Å²) in [6.07, 6.45) is 0. The van der Waals surface area contributed by atoms with Crippen LogP contribution in [0.15, 0.2) is 23.0 Å². The minimum atomic E-state index is -0.632. The minimum Gasteiger partial charge on any atom is -0.494 e. The van der Waals surface area contributed by atoms with Gasteiger partial charge in [-0.2, -0.15) is 5.26 Å². The second-order valence-electron chi connectivity index (χ2n) is 5.55. The van der Waals surface area contributed by atoms with Crippen LogP contribution in [-0.2, 0) is 6.54 Å². The van der Waals surface area contributed by atoms with E-state index in [1.54, 1.807) is 25.1 Å². The number of aromatic nitrogens is 1. The van der Waals surface area contributed by atoms with Crippen molar-refractivity contribution in [2.24, 2.45) is 0 Å². The van der Waals surface area contributed by atoms with E-state index >= 15 is 0 Å². The number of rotatable bonds is 3. The molecule has 0 radical (unpaired) electrons. The molecule has 8 heteroatoms. The standard InChI is InChI=1S/C18H12Cl2N2O3S/c1-3-22-17(24)9(7-21)8(2)12(18(22)25)15(23)16-14(20)13-10(19)5-4-6-11(13)26-16/h4-6,25H,3H2,1-2H3. The number of nitriles is 1. The van der Waals surface area contributed by atoms with Gasteiger partial charge >= 0.3 is 0 Å². The molecule has 0 unspecified atom stereocenters. The molecule has 3 aromatic rings. The minimum absolute atomic E-state index is 0.104. The highest BCUT2D eigenvalue weighted by molar-refractivity contribution is 7.22. The van der Waals surface area contributed by atoms with Gasteiger partial charge < -0.3 is 5.11 Å². The number of hydrogen-bond donors (Lipinski definition) is 1. The second-order valence-corrected chi connectivity index (χ2v) is 7.38. The molecule has 1 aromatic carbocycles. The summed E-state index contributed by atoms with van der Waals surface area (Å²) in [5.41, 5.74) is -0.785. The Morgan fingerprint density at radius 3 is 2.65 bits per heavy atom. The van der Waals surface area contributed by atoms with Gasteiger partial charge in [0.05, 0.1) is 20.5 Å². The average molecular weight is 407 g/mol. The fourth-order valence-electron chi connectivity index (χ4n) is 2.85. The number of nitrogens with zero attached hydrogens (tertiary/aromatic N) is 2. The van der Waals surface area contributed by atoms with E-state index in [1.807, 2.05) is 6.07 Å². The molecule has 0 aliphatic rings. The third-order valence-electron chi connectivity index (χ3n) is 4.16. The van der Waals surface area contributed by atoms with Crippen molar-refractivity contribution in [3.8, 4) is 11.9 Å². The highest BCUT2D eigenvalue weighted by atomic mass is 35.5. The maximum Gasteiger partial charge on any atom is 0.271 e. The van der Waals surface area contributed by atoms with Gasteiger partial charge in [-0.1, -0.05) is 29.3 Å². The van der Waals surface area contributed by atoms with Crippen molar-refractivity contribution in [1.29, 1.82) is 5.26 Å². The molecule has 0 bridgehead atoms. The smallest absolute Gasteiger partial charge is 0.271 e. The fourth-order valence-corrected chi connectivity index (χ4v) is 4.75. The molecule has 0 saturated heterocycles. The number of benzene rings is 1. The molecule has 0 aliphatic heterocycles. The van der Waals surface area contributed by atoms with Crippen LogP contribution in [0.4, 0.5) is 0 Å². The van der Waals surface area contributed by atoms with E-state index in [9.17, 15) is 20.0 Å². The monoisotopic (exact) mass is 406 g/mol. The predicted molar refractivity (Wildman–Crippen MR) is 103 cm³/mol. The Labute approximate surface area is 162 Å². The van der Waals surface area contributed by atoms with Crippen molar-refractivity contribution in [1.82, 2.24) is 4.57 Å². The highest BCUT2D eigenvalue weighted by Crippen LogP contribution is 2.41. The van der Waals surface area contributed by atoms with Crippen molar-refractivity contribution in [3.05, 3.63) is 60.2 Å². The number of carbonyl (C=O) groups is 1. The van der Waals surface area contributed by atoms with Gasteiger partial charge in [0.15, 0.2) is 0 Å². The van der Waals surface area contributed by atoms with Crippen LogP contribution in [0.2, 0.25) is 10.0 Å². The molecule has 5 nitrogen and oxygen atoms in total. The van der Waals surface area contributed by atoms with E-state index in [0.717, 1.165) is 20.6 Å². The number of fused-ring (bicyclic) bond motifs is 1. The first-order valence-electron chi connectivity index (χ1n) is 7.61. The van der Waals surface area contributed by atoms with Crippen LogP contribution >= 0.6 is 34.5 Å². The molecule has 1 N–H and O–H groups in total. The van der Waals surface area contributed by atoms with E-state index in [4.69, 9.17) is 23.2 Å². The lowest BCUT2D eigenvalue weighted by Crippen LogP contribution is -2.26. The van der Waals surface area contributed by atoms with Gasteiger partial charge in [0.2, 0.25) is 11.7 Å². The zero-order valence-electron chi connectivity index (χ0n) is 13.8. The molecule has 0 aliphatic carbocycles. The maximum absolute atomic E-state index is 13.1. The van der Waals surface area contributed by atoms with Crippen LogP contribution in [-0.4, -0.2) is 15.5 Å². The first-order valence-corrected chi connectivity index (χ1v) is 9.18. The van der Waals surface area contributed by atoms with Crippen molar-refractivity contribution >= 4 is 50.4 Å². The van der Waals surface area contributed by atoms with Crippen LogP contribution in [0.25, 0.3) is 10.1 Å². The number of halogens is 2. The second kappa shape index (κ2) is 6.76. The van der Waals surface area contributed by atoms with E-state index in [-0.39, 0.29) is 33.1 Å². The Morgan fingerprint density at radius 2 is 2.08 bits per heavy atom. The van der Waals surface area contributed by atoms with Crippen LogP contribution in [0, 0.1) is 18.3 Å². The third-order valence-corrected chi connectivity index (χ3v) is 6.11. The Kier molecular flexibility index (Phi) is 4.80. The summed E-state index contributed by atoms with van der Waals surface area (Å²) in [5, 5.41) is 21.0. The number of ketones is 1. The third kappa shape index (κ3) is 2.60. The van der Waals surface area contributed by atoms with E-state index in [1.165, 1.54) is 6.92 Å². The number of aromatic hydroxyl groups is 1. The van der Waals surface area contributed by atoms with Crippen molar-refractivity contribution < 1.29 is 9.90 Å². The van der Waals surface area contributed by atoms with Crippen LogP contribution < -0.4 is 5.56 Å². The molecular weight excluding hydrogens is 395 g/mol. The Bertz CT molecular complexity index is 1170. The van der Waals surface area contributed by atoms with Gasteiger partial charge in [-0.05, 0) is 31.5 Å².